The Morgan fingerprint density at radius 2 is 1.86 bits per heavy atom. The lowest BCUT2D eigenvalue weighted by molar-refractivity contribution is 0.0927. The Balaban J connectivity index is 0.00000220. The van der Waals surface area contributed by atoms with E-state index in [1.54, 1.807) is 24.3 Å². The molecule has 0 aliphatic rings. The van der Waals surface area contributed by atoms with Crippen molar-refractivity contribution in [2.24, 2.45) is 0 Å². The number of hydrogen-bond donors (Lipinski definition) is 2. The Morgan fingerprint density at radius 1 is 1.14 bits per heavy atom. The molecular weight excluding hydrogens is 295 g/mol. The van der Waals surface area contributed by atoms with Crippen molar-refractivity contribution in [3.05, 3.63) is 48.0 Å². The molecular formula is C15H18ClFN2O2. The van der Waals surface area contributed by atoms with Crippen molar-refractivity contribution >= 4 is 18.3 Å². The minimum Gasteiger partial charge on any atom is -0.451 e. The van der Waals surface area contributed by atoms with E-state index in [4.69, 9.17) is 4.42 Å². The third-order valence-corrected chi connectivity index (χ3v) is 2.80. The molecule has 21 heavy (non-hydrogen) atoms. The van der Waals surface area contributed by atoms with Crippen LogP contribution in [-0.4, -0.2) is 25.5 Å². The highest BCUT2D eigenvalue weighted by atomic mass is 35.5. The first-order valence-corrected chi connectivity index (χ1v) is 6.55. The summed E-state index contributed by atoms with van der Waals surface area (Å²) >= 11 is 0. The molecule has 2 aromatic rings. The molecule has 1 amide bonds. The molecule has 0 unspecified atom stereocenters. The highest BCUT2D eigenvalue weighted by Gasteiger charge is 2.11. The largest absolute Gasteiger partial charge is 0.451 e. The lowest BCUT2D eigenvalue weighted by Crippen LogP contribution is -2.31. The number of amides is 1. The number of halogens is 2. The maximum Gasteiger partial charge on any atom is 0.287 e. The predicted molar refractivity (Wildman–Crippen MR) is 82.2 cm³/mol. The monoisotopic (exact) mass is 312 g/mol. The molecule has 1 aromatic heterocycles. The van der Waals surface area contributed by atoms with Crippen LogP contribution in [0.15, 0.2) is 40.8 Å². The van der Waals surface area contributed by atoms with Gasteiger partial charge in [-0.05, 0) is 42.9 Å². The summed E-state index contributed by atoms with van der Waals surface area (Å²) in [6, 6.07) is 9.25. The zero-order valence-electron chi connectivity index (χ0n) is 11.7. The van der Waals surface area contributed by atoms with Crippen LogP contribution in [0, 0.1) is 5.82 Å². The third kappa shape index (κ3) is 4.88. The molecule has 0 bridgehead atoms. The molecule has 0 saturated heterocycles. The fourth-order valence-electron chi connectivity index (χ4n) is 1.76. The van der Waals surface area contributed by atoms with E-state index >= 15 is 0 Å². The Kier molecular flexibility index (Phi) is 6.91. The number of rotatable bonds is 6. The molecule has 114 valence electrons. The number of carbonyl (C=O) groups is 1. The molecule has 4 nitrogen and oxygen atoms in total. The van der Waals surface area contributed by atoms with Gasteiger partial charge in [0.05, 0.1) is 0 Å². The lowest BCUT2D eigenvalue weighted by Gasteiger charge is -2.03. The quantitative estimate of drug-likeness (QED) is 0.806. The van der Waals surface area contributed by atoms with Crippen molar-refractivity contribution in [2.45, 2.75) is 6.92 Å². The van der Waals surface area contributed by atoms with Crippen LogP contribution in [0.4, 0.5) is 4.39 Å². The molecule has 0 aliphatic heterocycles. The Hall–Kier alpha value is -1.85. The van der Waals surface area contributed by atoms with Crippen LogP contribution in [0.1, 0.15) is 17.5 Å². The molecule has 0 aliphatic carbocycles. The lowest BCUT2D eigenvalue weighted by atomic mass is 10.2. The zero-order chi connectivity index (χ0) is 14.4. The molecule has 1 heterocycles. The topological polar surface area (TPSA) is 54.3 Å². The molecule has 0 fully saturated rings. The molecule has 1 aromatic carbocycles. The first-order chi connectivity index (χ1) is 9.70. The van der Waals surface area contributed by atoms with E-state index in [1.807, 2.05) is 6.92 Å². The number of hydrogen-bond acceptors (Lipinski definition) is 3. The van der Waals surface area contributed by atoms with Gasteiger partial charge in [0.2, 0.25) is 0 Å². The van der Waals surface area contributed by atoms with E-state index in [1.165, 1.54) is 12.1 Å². The molecule has 2 N–H and O–H groups in total. The maximum atomic E-state index is 12.8. The van der Waals surface area contributed by atoms with Crippen molar-refractivity contribution in [1.29, 1.82) is 0 Å². The summed E-state index contributed by atoms with van der Waals surface area (Å²) in [5.74, 6) is 0.237. The van der Waals surface area contributed by atoms with Crippen LogP contribution < -0.4 is 10.6 Å². The molecule has 2 rings (SSSR count). The minimum atomic E-state index is -0.304. The normalized spacial score (nSPS) is 10.0. The summed E-state index contributed by atoms with van der Waals surface area (Å²) in [4.78, 5) is 11.8. The van der Waals surface area contributed by atoms with Gasteiger partial charge in [-0.1, -0.05) is 6.92 Å². The van der Waals surface area contributed by atoms with Gasteiger partial charge in [-0.3, -0.25) is 4.79 Å². The van der Waals surface area contributed by atoms with Gasteiger partial charge in [-0.25, -0.2) is 4.39 Å². The van der Waals surface area contributed by atoms with Gasteiger partial charge >= 0.3 is 0 Å². The fourth-order valence-corrected chi connectivity index (χ4v) is 1.76. The van der Waals surface area contributed by atoms with Crippen molar-refractivity contribution in [3.8, 4) is 11.3 Å². The van der Waals surface area contributed by atoms with E-state index < -0.39 is 0 Å². The first-order valence-electron chi connectivity index (χ1n) is 6.55. The average Bonchev–Trinajstić information content (AvgIpc) is 2.94. The van der Waals surface area contributed by atoms with Crippen LogP contribution >= 0.6 is 12.4 Å². The Bertz CT molecular complexity index is 569. The molecule has 0 atom stereocenters. The van der Waals surface area contributed by atoms with Crippen molar-refractivity contribution in [2.75, 3.05) is 19.6 Å². The van der Waals surface area contributed by atoms with E-state index in [0.717, 1.165) is 12.1 Å². The average molecular weight is 313 g/mol. The van der Waals surface area contributed by atoms with Gasteiger partial charge < -0.3 is 15.1 Å². The second-order valence-electron chi connectivity index (χ2n) is 4.28. The SMILES string of the molecule is CCNCCNC(=O)c1ccc(-c2ccc(F)cc2)o1.Cl. The van der Waals surface area contributed by atoms with Gasteiger partial charge in [0.1, 0.15) is 11.6 Å². The summed E-state index contributed by atoms with van der Waals surface area (Å²) in [5, 5.41) is 5.86. The molecule has 0 saturated carbocycles. The summed E-state index contributed by atoms with van der Waals surface area (Å²) in [7, 11) is 0. The van der Waals surface area contributed by atoms with E-state index in [-0.39, 0.29) is 29.9 Å². The molecule has 0 spiro atoms. The fraction of sp³-hybridized carbons (Fsp3) is 0.267. The van der Waals surface area contributed by atoms with Crippen LogP contribution in [0.2, 0.25) is 0 Å². The van der Waals surface area contributed by atoms with E-state index in [2.05, 4.69) is 10.6 Å². The zero-order valence-corrected chi connectivity index (χ0v) is 12.5. The van der Waals surface area contributed by atoms with E-state index in [9.17, 15) is 9.18 Å². The standard InChI is InChI=1S/C15H17FN2O2.ClH/c1-2-17-9-10-18-15(19)14-8-7-13(20-14)11-3-5-12(16)6-4-11;/h3-8,17H,2,9-10H2,1H3,(H,18,19);1H. The highest BCUT2D eigenvalue weighted by Crippen LogP contribution is 2.22. The smallest absolute Gasteiger partial charge is 0.287 e. The van der Waals surface area contributed by atoms with E-state index in [0.29, 0.717) is 18.8 Å². The van der Waals surface area contributed by atoms with Crippen molar-refractivity contribution in [3.63, 3.8) is 0 Å². The number of carbonyl (C=O) groups excluding carboxylic acids is 1. The Morgan fingerprint density at radius 3 is 2.52 bits per heavy atom. The van der Waals surface area contributed by atoms with Gasteiger partial charge in [0.25, 0.3) is 5.91 Å². The summed E-state index contributed by atoms with van der Waals surface area (Å²) in [6.07, 6.45) is 0. The van der Waals surface area contributed by atoms with Gasteiger partial charge in [0.15, 0.2) is 5.76 Å². The molecule has 0 radical (unpaired) electrons. The second kappa shape index (κ2) is 8.44. The predicted octanol–water partition coefficient (Wildman–Crippen LogP) is 2.85. The highest BCUT2D eigenvalue weighted by molar-refractivity contribution is 5.92. The maximum absolute atomic E-state index is 12.8. The van der Waals surface area contributed by atoms with Crippen LogP contribution in [-0.2, 0) is 0 Å². The number of nitrogens with one attached hydrogen (secondary N) is 2. The number of benzene rings is 1. The van der Waals surface area contributed by atoms with Crippen LogP contribution in [0.3, 0.4) is 0 Å². The van der Waals surface area contributed by atoms with Crippen molar-refractivity contribution in [1.82, 2.24) is 10.6 Å². The van der Waals surface area contributed by atoms with Crippen LogP contribution in [0.25, 0.3) is 11.3 Å². The van der Waals surface area contributed by atoms with Gasteiger partial charge in [0, 0.05) is 18.7 Å². The summed E-state index contributed by atoms with van der Waals surface area (Å²) < 4.78 is 18.3. The van der Waals surface area contributed by atoms with Crippen molar-refractivity contribution < 1.29 is 13.6 Å². The van der Waals surface area contributed by atoms with Crippen LogP contribution in [0.5, 0.6) is 0 Å². The summed E-state index contributed by atoms with van der Waals surface area (Å²) in [5.41, 5.74) is 0.734. The second-order valence-corrected chi connectivity index (χ2v) is 4.28. The third-order valence-electron chi connectivity index (χ3n) is 2.80. The summed E-state index contributed by atoms with van der Waals surface area (Å²) in [6.45, 7) is 4.13. The minimum absolute atomic E-state index is 0. The number of likely N-dealkylation sites (N-methyl/N-ethyl adjacent to an activating group) is 1. The molecule has 6 heteroatoms. The van der Waals surface area contributed by atoms with Gasteiger partial charge in [-0.15, -0.1) is 12.4 Å². The first kappa shape index (κ1) is 17.2. The van der Waals surface area contributed by atoms with Gasteiger partial charge in [-0.2, -0.15) is 0 Å². The Labute approximate surface area is 129 Å². The number of furan rings is 1.